The van der Waals surface area contributed by atoms with Gasteiger partial charge in [-0.25, -0.2) is 9.98 Å². The standard InChI is InChI=1S/C23H32N6.HI/c1-2-24-23(27-20-12-15-29(18-20)21-8-4-3-5-9-21)26-17-19-10-11-22(25-16-19)28-13-6-7-14-28;/h3-5,8-11,16,20H,2,6-7,12-15,17-18H2,1H3,(H2,24,26,27);1H. The van der Waals surface area contributed by atoms with Crippen LogP contribution in [0.4, 0.5) is 11.5 Å². The first kappa shape index (κ1) is 22.7. The Morgan fingerprint density at radius 1 is 1.07 bits per heavy atom. The molecule has 2 saturated heterocycles. The number of benzene rings is 1. The van der Waals surface area contributed by atoms with Crippen LogP contribution in [0, 0.1) is 0 Å². The first-order valence-corrected chi connectivity index (χ1v) is 10.9. The van der Waals surface area contributed by atoms with Crippen LogP contribution >= 0.6 is 24.0 Å². The highest BCUT2D eigenvalue weighted by molar-refractivity contribution is 14.0. The molecular weight excluding hydrogens is 487 g/mol. The zero-order chi connectivity index (χ0) is 19.9. The molecule has 2 aliphatic rings. The summed E-state index contributed by atoms with van der Waals surface area (Å²) in [7, 11) is 0. The van der Waals surface area contributed by atoms with E-state index < -0.39 is 0 Å². The van der Waals surface area contributed by atoms with Crippen molar-refractivity contribution in [1.82, 2.24) is 15.6 Å². The van der Waals surface area contributed by atoms with Crippen LogP contribution < -0.4 is 20.4 Å². The summed E-state index contributed by atoms with van der Waals surface area (Å²) < 4.78 is 0. The summed E-state index contributed by atoms with van der Waals surface area (Å²) in [5, 5.41) is 6.99. The van der Waals surface area contributed by atoms with Crippen molar-refractivity contribution < 1.29 is 0 Å². The van der Waals surface area contributed by atoms with Crippen molar-refractivity contribution in [3.63, 3.8) is 0 Å². The molecule has 2 N–H and O–H groups in total. The maximum Gasteiger partial charge on any atom is 0.191 e. The Labute approximate surface area is 197 Å². The molecular formula is C23H33IN6. The van der Waals surface area contributed by atoms with Gasteiger partial charge in [-0.15, -0.1) is 24.0 Å². The molecule has 7 heteroatoms. The predicted molar refractivity (Wildman–Crippen MR) is 136 cm³/mol. The van der Waals surface area contributed by atoms with Crippen molar-refractivity contribution in [3.05, 3.63) is 54.2 Å². The van der Waals surface area contributed by atoms with Gasteiger partial charge in [0.25, 0.3) is 0 Å². The van der Waals surface area contributed by atoms with E-state index in [9.17, 15) is 0 Å². The molecule has 0 saturated carbocycles. The van der Waals surface area contributed by atoms with Crippen LogP contribution in [0.1, 0.15) is 31.7 Å². The average molecular weight is 520 g/mol. The Morgan fingerprint density at radius 2 is 1.87 bits per heavy atom. The van der Waals surface area contributed by atoms with Crippen molar-refractivity contribution in [2.75, 3.05) is 42.5 Å². The molecule has 2 fully saturated rings. The van der Waals surface area contributed by atoms with Gasteiger partial charge in [0.15, 0.2) is 5.96 Å². The van der Waals surface area contributed by atoms with Gasteiger partial charge >= 0.3 is 0 Å². The summed E-state index contributed by atoms with van der Waals surface area (Å²) in [4.78, 5) is 14.2. The lowest BCUT2D eigenvalue weighted by molar-refractivity contribution is 0.649. The average Bonchev–Trinajstić information content (AvgIpc) is 3.46. The molecule has 3 heterocycles. The second-order valence-electron chi connectivity index (χ2n) is 7.83. The van der Waals surface area contributed by atoms with Gasteiger partial charge in [-0.2, -0.15) is 0 Å². The molecule has 6 nitrogen and oxygen atoms in total. The smallest absolute Gasteiger partial charge is 0.191 e. The van der Waals surface area contributed by atoms with Gasteiger partial charge in [0.05, 0.1) is 6.54 Å². The molecule has 0 bridgehead atoms. The molecule has 1 aromatic carbocycles. The Bertz CT molecular complexity index is 789. The molecule has 30 heavy (non-hydrogen) atoms. The number of guanidine groups is 1. The number of pyridine rings is 1. The molecule has 162 valence electrons. The van der Waals surface area contributed by atoms with Crippen molar-refractivity contribution in [2.24, 2.45) is 4.99 Å². The Balaban J connectivity index is 0.00000256. The maximum absolute atomic E-state index is 4.79. The van der Waals surface area contributed by atoms with E-state index in [0.717, 1.165) is 56.5 Å². The summed E-state index contributed by atoms with van der Waals surface area (Å²) in [5.41, 5.74) is 2.44. The number of hydrogen-bond acceptors (Lipinski definition) is 4. The van der Waals surface area contributed by atoms with Crippen molar-refractivity contribution in [3.8, 4) is 0 Å². The van der Waals surface area contributed by atoms with Gasteiger partial charge in [-0.05, 0) is 49.9 Å². The Hall–Kier alpha value is -2.03. The van der Waals surface area contributed by atoms with Crippen molar-refractivity contribution in [1.29, 1.82) is 0 Å². The number of rotatable bonds is 6. The van der Waals surface area contributed by atoms with E-state index in [-0.39, 0.29) is 24.0 Å². The first-order valence-electron chi connectivity index (χ1n) is 10.9. The summed E-state index contributed by atoms with van der Waals surface area (Å²) in [5.74, 6) is 1.98. The third-order valence-corrected chi connectivity index (χ3v) is 5.65. The van der Waals surface area contributed by atoms with E-state index in [0.29, 0.717) is 12.6 Å². The van der Waals surface area contributed by atoms with Crippen LogP contribution in [0.25, 0.3) is 0 Å². The van der Waals surface area contributed by atoms with E-state index in [1.54, 1.807) is 0 Å². The fourth-order valence-electron chi connectivity index (χ4n) is 4.08. The Kier molecular flexibility index (Phi) is 8.60. The van der Waals surface area contributed by atoms with E-state index in [1.165, 1.54) is 18.5 Å². The third kappa shape index (κ3) is 6.00. The van der Waals surface area contributed by atoms with E-state index in [2.05, 4.69) is 74.8 Å². The minimum absolute atomic E-state index is 0. The second kappa shape index (κ2) is 11.4. The zero-order valence-corrected chi connectivity index (χ0v) is 20.1. The number of anilines is 2. The van der Waals surface area contributed by atoms with Gasteiger partial charge in [0.2, 0.25) is 0 Å². The monoisotopic (exact) mass is 520 g/mol. The van der Waals surface area contributed by atoms with E-state index in [4.69, 9.17) is 4.99 Å². The van der Waals surface area contributed by atoms with Gasteiger partial charge in [0.1, 0.15) is 5.82 Å². The van der Waals surface area contributed by atoms with E-state index >= 15 is 0 Å². The van der Waals surface area contributed by atoms with Crippen LogP contribution in [0.2, 0.25) is 0 Å². The lowest BCUT2D eigenvalue weighted by Gasteiger charge is -2.20. The Morgan fingerprint density at radius 3 is 2.57 bits per heavy atom. The fraction of sp³-hybridized carbons (Fsp3) is 0.478. The predicted octanol–water partition coefficient (Wildman–Crippen LogP) is 3.63. The molecule has 0 amide bonds. The van der Waals surface area contributed by atoms with Crippen LogP contribution in [0.5, 0.6) is 0 Å². The normalized spacial score (nSPS) is 19.0. The summed E-state index contributed by atoms with van der Waals surface area (Å²) >= 11 is 0. The lowest BCUT2D eigenvalue weighted by atomic mass is 10.2. The molecule has 1 aromatic heterocycles. The number of hydrogen-bond donors (Lipinski definition) is 2. The summed E-state index contributed by atoms with van der Waals surface area (Å²) in [6.45, 7) is 7.92. The van der Waals surface area contributed by atoms with Crippen molar-refractivity contribution in [2.45, 2.75) is 38.8 Å². The van der Waals surface area contributed by atoms with Gasteiger partial charge in [0, 0.05) is 50.6 Å². The number of aliphatic imine (C=N–C) groups is 1. The lowest BCUT2D eigenvalue weighted by Crippen LogP contribution is -2.44. The number of nitrogens with one attached hydrogen (secondary N) is 2. The summed E-state index contributed by atoms with van der Waals surface area (Å²) in [6, 6.07) is 15.3. The fourth-order valence-corrected chi connectivity index (χ4v) is 4.08. The minimum atomic E-state index is 0. The SMILES string of the molecule is CCNC(=NCc1ccc(N2CCCC2)nc1)NC1CCN(c2ccccc2)C1.I. The van der Waals surface area contributed by atoms with Crippen LogP contribution in [0.15, 0.2) is 53.7 Å². The maximum atomic E-state index is 4.79. The highest BCUT2D eigenvalue weighted by atomic mass is 127. The van der Waals surface area contributed by atoms with Gasteiger partial charge < -0.3 is 20.4 Å². The second-order valence-corrected chi connectivity index (χ2v) is 7.83. The minimum Gasteiger partial charge on any atom is -0.369 e. The largest absolute Gasteiger partial charge is 0.369 e. The molecule has 0 spiro atoms. The number of aromatic nitrogens is 1. The van der Waals surface area contributed by atoms with Crippen LogP contribution in [0.3, 0.4) is 0 Å². The van der Waals surface area contributed by atoms with Gasteiger partial charge in [-0.1, -0.05) is 24.3 Å². The van der Waals surface area contributed by atoms with Crippen LogP contribution in [-0.2, 0) is 6.54 Å². The number of nitrogens with zero attached hydrogens (tertiary/aromatic N) is 4. The molecule has 0 radical (unpaired) electrons. The molecule has 0 aliphatic carbocycles. The number of halogens is 1. The summed E-state index contributed by atoms with van der Waals surface area (Å²) in [6.07, 6.45) is 5.63. The molecule has 1 atom stereocenters. The van der Waals surface area contributed by atoms with E-state index in [1.807, 2.05) is 6.20 Å². The molecule has 2 aromatic rings. The first-order chi connectivity index (χ1) is 14.3. The molecule has 4 rings (SSSR count). The number of para-hydroxylation sites is 1. The molecule has 1 unspecified atom stereocenters. The highest BCUT2D eigenvalue weighted by Gasteiger charge is 2.23. The topological polar surface area (TPSA) is 55.8 Å². The highest BCUT2D eigenvalue weighted by Crippen LogP contribution is 2.20. The van der Waals surface area contributed by atoms with Crippen molar-refractivity contribution >= 4 is 41.4 Å². The van der Waals surface area contributed by atoms with Gasteiger partial charge in [-0.3, -0.25) is 0 Å². The van der Waals surface area contributed by atoms with Crippen LogP contribution in [-0.4, -0.2) is 49.7 Å². The molecule has 2 aliphatic heterocycles. The third-order valence-electron chi connectivity index (χ3n) is 5.65. The quantitative estimate of drug-likeness (QED) is 0.346. The zero-order valence-electron chi connectivity index (χ0n) is 17.8.